The summed E-state index contributed by atoms with van der Waals surface area (Å²) in [7, 11) is 0. The predicted molar refractivity (Wildman–Crippen MR) is 123 cm³/mol. The van der Waals surface area contributed by atoms with Crippen molar-refractivity contribution < 1.29 is 15.8 Å². The second-order valence-corrected chi connectivity index (χ2v) is 8.62. The third kappa shape index (κ3) is 5.69. The quantitative estimate of drug-likeness (QED) is 0.679. The van der Waals surface area contributed by atoms with Crippen LogP contribution in [0.5, 0.6) is 0 Å². The Morgan fingerprint density at radius 3 is 2.68 bits per heavy atom. The molecule has 7 heteroatoms. The number of nitrogens with zero attached hydrogens (tertiary/aromatic N) is 4. The minimum Gasteiger partial charge on any atom is -0.444 e. The SMILES string of the molecule is C=Cc1cnc(C)c(C(=O)c2cccc(N3CCCN(C(=O)OC(C)(C)C)CC3)n2)c1.[HH]. The van der Waals surface area contributed by atoms with Gasteiger partial charge < -0.3 is 14.5 Å². The van der Waals surface area contributed by atoms with Crippen LogP contribution >= 0.6 is 0 Å². The molecule has 0 aromatic carbocycles. The Kier molecular flexibility index (Phi) is 6.73. The highest BCUT2D eigenvalue weighted by molar-refractivity contribution is 6.08. The van der Waals surface area contributed by atoms with Crippen LogP contribution in [0.1, 0.15) is 55.9 Å². The zero-order valence-electron chi connectivity index (χ0n) is 18.7. The Hall–Kier alpha value is -3.22. The van der Waals surface area contributed by atoms with Crippen molar-refractivity contribution in [3.05, 3.63) is 59.6 Å². The first-order chi connectivity index (χ1) is 14.7. The van der Waals surface area contributed by atoms with Gasteiger partial charge in [0.2, 0.25) is 5.78 Å². The van der Waals surface area contributed by atoms with Gasteiger partial charge in [-0.05, 0) is 57.9 Å². The first kappa shape index (κ1) is 22.5. The molecule has 7 nitrogen and oxygen atoms in total. The van der Waals surface area contributed by atoms with Gasteiger partial charge in [-0.3, -0.25) is 9.78 Å². The van der Waals surface area contributed by atoms with Gasteiger partial charge in [-0.25, -0.2) is 9.78 Å². The Morgan fingerprint density at radius 1 is 1.19 bits per heavy atom. The maximum absolute atomic E-state index is 13.1. The number of anilines is 1. The number of ketones is 1. The lowest BCUT2D eigenvalue weighted by molar-refractivity contribution is 0.0263. The second kappa shape index (κ2) is 9.29. The highest BCUT2D eigenvalue weighted by Gasteiger charge is 2.25. The third-order valence-electron chi connectivity index (χ3n) is 5.03. The zero-order valence-corrected chi connectivity index (χ0v) is 18.7. The van der Waals surface area contributed by atoms with E-state index in [-0.39, 0.29) is 13.3 Å². The Labute approximate surface area is 185 Å². The van der Waals surface area contributed by atoms with Crippen LogP contribution < -0.4 is 4.90 Å². The number of rotatable bonds is 4. The molecular weight excluding hydrogens is 392 g/mol. The van der Waals surface area contributed by atoms with Gasteiger partial charge in [0, 0.05) is 45.1 Å². The third-order valence-corrected chi connectivity index (χ3v) is 5.03. The number of hydrogen-bond acceptors (Lipinski definition) is 6. The summed E-state index contributed by atoms with van der Waals surface area (Å²) in [6.45, 7) is 13.7. The Balaban J connectivity index is 0.00000363. The second-order valence-electron chi connectivity index (χ2n) is 8.62. The van der Waals surface area contributed by atoms with Crippen LogP contribution in [-0.4, -0.2) is 58.5 Å². The summed E-state index contributed by atoms with van der Waals surface area (Å²) in [5.41, 5.74) is 1.83. The summed E-state index contributed by atoms with van der Waals surface area (Å²) in [4.78, 5) is 38.2. The fourth-order valence-electron chi connectivity index (χ4n) is 3.41. The Morgan fingerprint density at radius 2 is 1.97 bits per heavy atom. The molecule has 0 bridgehead atoms. The number of hydrogen-bond donors (Lipinski definition) is 0. The molecule has 2 aromatic heterocycles. The molecule has 0 unspecified atom stereocenters. The van der Waals surface area contributed by atoms with E-state index in [0.717, 1.165) is 24.3 Å². The molecule has 1 amide bonds. The number of carbonyl (C=O) groups excluding carboxylic acids is 2. The summed E-state index contributed by atoms with van der Waals surface area (Å²) in [5.74, 6) is 0.558. The van der Waals surface area contributed by atoms with Crippen LogP contribution in [0.15, 0.2) is 37.0 Å². The molecule has 0 N–H and O–H groups in total. The standard InChI is InChI=1S/C24H30N4O3.H2/c1-6-18-15-19(17(2)25-16-18)22(29)20-9-7-10-21(26-20)27-11-8-12-28(14-13-27)23(30)31-24(3,4)5;/h6-7,9-10,15-16H,1,8,11-14H2,2-5H3;1H. The molecule has 1 aliphatic heterocycles. The summed E-state index contributed by atoms with van der Waals surface area (Å²) in [6.07, 6.45) is 3.86. The fraction of sp³-hybridized carbons (Fsp3) is 0.417. The summed E-state index contributed by atoms with van der Waals surface area (Å²) >= 11 is 0. The minimum absolute atomic E-state index is 0. The number of aryl methyl sites for hydroxylation is 1. The lowest BCUT2D eigenvalue weighted by atomic mass is 10.0. The molecule has 0 saturated carbocycles. The van der Waals surface area contributed by atoms with Crippen LogP contribution in [0, 0.1) is 6.92 Å². The molecule has 31 heavy (non-hydrogen) atoms. The first-order valence-corrected chi connectivity index (χ1v) is 10.5. The van der Waals surface area contributed by atoms with Crippen LogP contribution in [0.25, 0.3) is 6.08 Å². The van der Waals surface area contributed by atoms with Crippen LogP contribution in [0.4, 0.5) is 10.6 Å². The van der Waals surface area contributed by atoms with E-state index in [9.17, 15) is 9.59 Å². The van der Waals surface area contributed by atoms with Crippen LogP contribution in [0.3, 0.4) is 0 Å². The molecule has 3 rings (SSSR count). The molecule has 0 spiro atoms. The molecule has 1 saturated heterocycles. The first-order valence-electron chi connectivity index (χ1n) is 10.5. The normalized spacial score (nSPS) is 14.7. The lowest BCUT2D eigenvalue weighted by Crippen LogP contribution is -2.39. The number of ether oxygens (including phenoxy) is 1. The zero-order chi connectivity index (χ0) is 22.6. The lowest BCUT2D eigenvalue weighted by Gasteiger charge is -2.26. The van der Waals surface area contributed by atoms with E-state index in [0.29, 0.717) is 36.6 Å². The molecule has 0 atom stereocenters. The fourth-order valence-corrected chi connectivity index (χ4v) is 3.41. The molecule has 0 aliphatic carbocycles. The van der Waals surface area contributed by atoms with E-state index in [1.165, 1.54) is 0 Å². The molecule has 1 aliphatic rings. The highest BCUT2D eigenvalue weighted by atomic mass is 16.6. The van der Waals surface area contributed by atoms with Crippen molar-refractivity contribution in [2.75, 3.05) is 31.1 Å². The molecule has 1 fully saturated rings. The van der Waals surface area contributed by atoms with Gasteiger partial charge >= 0.3 is 6.09 Å². The summed E-state index contributed by atoms with van der Waals surface area (Å²) in [6, 6.07) is 7.24. The topological polar surface area (TPSA) is 75.6 Å². The summed E-state index contributed by atoms with van der Waals surface area (Å²) < 4.78 is 5.50. The van der Waals surface area contributed by atoms with E-state index < -0.39 is 5.60 Å². The molecule has 3 heterocycles. The van der Waals surface area contributed by atoms with Crippen molar-refractivity contribution in [1.82, 2.24) is 14.9 Å². The predicted octanol–water partition coefficient (Wildman–Crippen LogP) is 4.35. The monoisotopic (exact) mass is 424 g/mol. The highest BCUT2D eigenvalue weighted by Crippen LogP contribution is 2.19. The average molecular weight is 425 g/mol. The number of carbonyl (C=O) groups is 2. The van der Waals surface area contributed by atoms with E-state index in [4.69, 9.17) is 4.74 Å². The molecule has 2 aromatic rings. The van der Waals surface area contributed by atoms with Crippen molar-refractivity contribution >= 4 is 23.8 Å². The van der Waals surface area contributed by atoms with E-state index in [1.807, 2.05) is 39.8 Å². The van der Waals surface area contributed by atoms with Gasteiger partial charge in [0.05, 0.1) is 0 Å². The van der Waals surface area contributed by atoms with Crippen molar-refractivity contribution in [2.45, 2.75) is 39.7 Å². The minimum atomic E-state index is -0.519. The average Bonchev–Trinajstić information content (AvgIpc) is 2.99. The van der Waals surface area contributed by atoms with Gasteiger partial charge in [0.25, 0.3) is 0 Å². The van der Waals surface area contributed by atoms with Crippen LogP contribution in [-0.2, 0) is 4.74 Å². The molecular formula is C24H32N4O3. The van der Waals surface area contributed by atoms with Crippen molar-refractivity contribution in [3.8, 4) is 0 Å². The van der Waals surface area contributed by atoms with E-state index in [2.05, 4.69) is 21.4 Å². The largest absolute Gasteiger partial charge is 0.444 e. The maximum atomic E-state index is 13.1. The Bertz CT molecular complexity index is 987. The van der Waals surface area contributed by atoms with Crippen LogP contribution in [0.2, 0.25) is 0 Å². The summed E-state index contributed by atoms with van der Waals surface area (Å²) in [5, 5.41) is 0. The number of amides is 1. The maximum Gasteiger partial charge on any atom is 0.410 e. The van der Waals surface area contributed by atoms with Crippen molar-refractivity contribution in [1.29, 1.82) is 0 Å². The van der Waals surface area contributed by atoms with E-state index >= 15 is 0 Å². The van der Waals surface area contributed by atoms with Crippen molar-refractivity contribution in [2.24, 2.45) is 0 Å². The molecule has 0 radical (unpaired) electrons. The smallest absolute Gasteiger partial charge is 0.410 e. The molecule has 166 valence electrons. The van der Waals surface area contributed by atoms with Crippen molar-refractivity contribution in [3.63, 3.8) is 0 Å². The van der Waals surface area contributed by atoms with Gasteiger partial charge in [-0.15, -0.1) is 0 Å². The van der Waals surface area contributed by atoms with Gasteiger partial charge in [0.1, 0.15) is 17.1 Å². The van der Waals surface area contributed by atoms with Gasteiger partial charge in [0.15, 0.2) is 0 Å². The van der Waals surface area contributed by atoms with E-state index in [1.54, 1.807) is 29.3 Å². The van der Waals surface area contributed by atoms with Gasteiger partial charge in [-0.2, -0.15) is 0 Å². The van der Waals surface area contributed by atoms with Gasteiger partial charge in [-0.1, -0.05) is 18.7 Å². The number of pyridine rings is 2. The number of aromatic nitrogens is 2.